The summed E-state index contributed by atoms with van der Waals surface area (Å²) in [6.45, 7) is 8.91. The minimum Gasteiger partial charge on any atom is -0.326 e. The summed E-state index contributed by atoms with van der Waals surface area (Å²) < 4.78 is 0. The van der Waals surface area contributed by atoms with Gasteiger partial charge in [-0.05, 0) is 39.0 Å². The van der Waals surface area contributed by atoms with E-state index >= 15 is 0 Å². The van der Waals surface area contributed by atoms with Crippen LogP contribution >= 0.6 is 0 Å². The van der Waals surface area contributed by atoms with Crippen molar-refractivity contribution in [3.05, 3.63) is 52.6 Å². The summed E-state index contributed by atoms with van der Waals surface area (Å²) in [5.74, 6) is -0.495. The molecule has 0 unspecified atom stereocenters. The van der Waals surface area contributed by atoms with Gasteiger partial charge < -0.3 is 5.32 Å². The standard InChI is InChI=1S/C20H23NO3/c1-12-6-8-15(9-7-12)21-17(23)11-20(4,5)18-14(3)19(24)13(2)10-16(18)22/h6-10H,11H2,1-5H3,(H,21,23). The zero-order valence-corrected chi connectivity index (χ0v) is 14.8. The molecule has 24 heavy (non-hydrogen) atoms. The molecule has 0 atom stereocenters. The number of aryl methyl sites for hydroxylation is 1. The maximum absolute atomic E-state index is 12.4. The molecule has 1 aliphatic carbocycles. The van der Waals surface area contributed by atoms with Crippen molar-refractivity contribution in [1.29, 1.82) is 0 Å². The third-order valence-corrected chi connectivity index (χ3v) is 4.28. The average molecular weight is 325 g/mol. The van der Waals surface area contributed by atoms with E-state index < -0.39 is 5.41 Å². The lowest BCUT2D eigenvalue weighted by Gasteiger charge is -2.29. The predicted molar refractivity (Wildman–Crippen MR) is 94.7 cm³/mol. The molecule has 1 aliphatic rings. The number of amides is 1. The molecule has 2 rings (SSSR count). The van der Waals surface area contributed by atoms with Gasteiger partial charge in [-0.3, -0.25) is 14.4 Å². The number of hydrogen-bond donors (Lipinski definition) is 1. The van der Waals surface area contributed by atoms with Gasteiger partial charge in [0.05, 0.1) is 0 Å². The van der Waals surface area contributed by atoms with E-state index in [9.17, 15) is 14.4 Å². The summed E-state index contributed by atoms with van der Waals surface area (Å²) in [7, 11) is 0. The number of allylic oxidation sites excluding steroid dienone is 4. The van der Waals surface area contributed by atoms with Crippen LogP contribution in [-0.4, -0.2) is 17.5 Å². The summed E-state index contributed by atoms with van der Waals surface area (Å²) in [5.41, 5.74) is 2.42. The number of Topliss-reactive ketones (excluding diaryl/α,β-unsaturated/α-hetero) is 1. The van der Waals surface area contributed by atoms with Crippen molar-refractivity contribution >= 4 is 23.2 Å². The molecule has 1 aromatic rings. The molecule has 126 valence electrons. The molecule has 0 aromatic heterocycles. The Morgan fingerprint density at radius 1 is 1.04 bits per heavy atom. The van der Waals surface area contributed by atoms with Crippen molar-refractivity contribution in [2.45, 2.75) is 41.0 Å². The Hall–Kier alpha value is -2.49. The quantitative estimate of drug-likeness (QED) is 0.857. The van der Waals surface area contributed by atoms with Gasteiger partial charge in [0.25, 0.3) is 0 Å². The number of benzene rings is 1. The Balaban J connectivity index is 2.18. The first kappa shape index (κ1) is 17.9. The first-order valence-electron chi connectivity index (χ1n) is 7.97. The van der Waals surface area contributed by atoms with Crippen molar-refractivity contribution < 1.29 is 14.4 Å². The van der Waals surface area contributed by atoms with Gasteiger partial charge in [0, 0.05) is 34.2 Å². The van der Waals surface area contributed by atoms with E-state index in [0.717, 1.165) is 5.56 Å². The molecule has 0 saturated carbocycles. The van der Waals surface area contributed by atoms with Crippen molar-refractivity contribution in [3.8, 4) is 0 Å². The van der Waals surface area contributed by atoms with Crippen LogP contribution in [-0.2, 0) is 14.4 Å². The Morgan fingerprint density at radius 2 is 1.62 bits per heavy atom. The molecule has 0 bridgehead atoms. The van der Waals surface area contributed by atoms with Crippen molar-refractivity contribution in [3.63, 3.8) is 0 Å². The lowest BCUT2D eigenvalue weighted by Crippen LogP contribution is -2.31. The maximum Gasteiger partial charge on any atom is 0.225 e. The van der Waals surface area contributed by atoms with Crippen LogP contribution < -0.4 is 5.32 Å². The van der Waals surface area contributed by atoms with E-state index in [1.807, 2.05) is 45.0 Å². The van der Waals surface area contributed by atoms with Crippen LogP contribution in [0.1, 0.15) is 39.7 Å². The SMILES string of the molecule is CC1=CC(=O)C(C(C)(C)CC(=O)Nc2ccc(C)cc2)=C(C)C1=O. The molecule has 1 aromatic carbocycles. The molecular weight excluding hydrogens is 302 g/mol. The van der Waals surface area contributed by atoms with Crippen LogP contribution in [0.2, 0.25) is 0 Å². The summed E-state index contributed by atoms with van der Waals surface area (Å²) in [5, 5.41) is 2.84. The molecule has 1 amide bonds. The Bertz CT molecular complexity index is 765. The smallest absolute Gasteiger partial charge is 0.225 e. The molecule has 0 heterocycles. The van der Waals surface area contributed by atoms with E-state index in [-0.39, 0.29) is 23.9 Å². The van der Waals surface area contributed by atoms with Crippen LogP contribution in [0, 0.1) is 12.3 Å². The zero-order chi connectivity index (χ0) is 18.1. The van der Waals surface area contributed by atoms with Crippen LogP contribution in [0.3, 0.4) is 0 Å². The lowest BCUT2D eigenvalue weighted by atomic mass is 9.73. The van der Waals surface area contributed by atoms with Crippen molar-refractivity contribution in [2.24, 2.45) is 5.41 Å². The fraction of sp³-hybridized carbons (Fsp3) is 0.350. The highest BCUT2D eigenvalue weighted by Crippen LogP contribution is 2.36. The van der Waals surface area contributed by atoms with Gasteiger partial charge in [0.1, 0.15) is 0 Å². The number of nitrogens with one attached hydrogen (secondary N) is 1. The molecule has 4 heteroatoms. The summed E-state index contributed by atoms with van der Waals surface area (Å²) in [6, 6.07) is 7.52. The van der Waals surface area contributed by atoms with Gasteiger partial charge in [0.15, 0.2) is 11.6 Å². The molecular formula is C20H23NO3. The Kier molecular flexibility index (Phi) is 4.88. The first-order chi connectivity index (χ1) is 11.1. The lowest BCUT2D eigenvalue weighted by molar-refractivity contribution is -0.119. The van der Waals surface area contributed by atoms with Crippen molar-refractivity contribution in [1.82, 2.24) is 0 Å². The second-order valence-electron chi connectivity index (χ2n) is 7.00. The highest BCUT2D eigenvalue weighted by atomic mass is 16.2. The average Bonchev–Trinajstić information content (AvgIpc) is 2.46. The van der Waals surface area contributed by atoms with E-state index in [4.69, 9.17) is 0 Å². The fourth-order valence-electron chi connectivity index (χ4n) is 3.10. The Morgan fingerprint density at radius 3 is 2.21 bits per heavy atom. The second kappa shape index (κ2) is 6.56. The number of hydrogen-bond acceptors (Lipinski definition) is 3. The van der Waals surface area contributed by atoms with Crippen LogP contribution in [0.5, 0.6) is 0 Å². The third kappa shape index (κ3) is 3.70. The monoisotopic (exact) mass is 325 g/mol. The largest absolute Gasteiger partial charge is 0.326 e. The maximum atomic E-state index is 12.4. The second-order valence-corrected chi connectivity index (χ2v) is 7.00. The molecule has 1 N–H and O–H groups in total. The van der Waals surface area contributed by atoms with Crippen LogP contribution in [0.15, 0.2) is 47.1 Å². The minimum absolute atomic E-state index is 0.124. The number of rotatable bonds is 4. The predicted octanol–water partition coefficient (Wildman–Crippen LogP) is 3.76. The van der Waals surface area contributed by atoms with Gasteiger partial charge in [-0.25, -0.2) is 0 Å². The van der Waals surface area contributed by atoms with Gasteiger partial charge >= 0.3 is 0 Å². The number of carbonyl (C=O) groups is 3. The zero-order valence-electron chi connectivity index (χ0n) is 14.8. The van der Waals surface area contributed by atoms with Gasteiger partial charge in [-0.15, -0.1) is 0 Å². The highest BCUT2D eigenvalue weighted by molar-refractivity contribution is 6.22. The highest BCUT2D eigenvalue weighted by Gasteiger charge is 2.36. The topological polar surface area (TPSA) is 63.2 Å². The Labute approximate surface area is 142 Å². The van der Waals surface area contributed by atoms with E-state index in [2.05, 4.69) is 5.32 Å². The normalized spacial score (nSPS) is 15.5. The minimum atomic E-state index is -0.719. The number of ketones is 2. The van der Waals surface area contributed by atoms with E-state index in [1.54, 1.807) is 13.8 Å². The fourth-order valence-corrected chi connectivity index (χ4v) is 3.10. The van der Waals surface area contributed by atoms with E-state index in [0.29, 0.717) is 22.4 Å². The summed E-state index contributed by atoms with van der Waals surface area (Å²) in [6.07, 6.45) is 1.49. The molecule has 0 fully saturated rings. The molecule has 0 spiro atoms. The number of carbonyl (C=O) groups excluding carboxylic acids is 3. The van der Waals surface area contributed by atoms with Gasteiger partial charge in [-0.2, -0.15) is 0 Å². The van der Waals surface area contributed by atoms with E-state index in [1.165, 1.54) is 6.08 Å². The summed E-state index contributed by atoms with van der Waals surface area (Å²) >= 11 is 0. The molecule has 0 radical (unpaired) electrons. The van der Waals surface area contributed by atoms with Crippen LogP contribution in [0.25, 0.3) is 0 Å². The van der Waals surface area contributed by atoms with Crippen molar-refractivity contribution in [2.75, 3.05) is 5.32 Å². The molecule has 4 nitrogen and oxygen atoms in total. The van der Waals surface area contributed by atoms with Gasteiger partial charge in [0.2, 0.25) is 5.91 Å². The number of anilines is 1. The first-order valence-corrected chi connectivity index (χ1v) is 7.97. The third-order valence-electron chi connectivity index (χ3n) is 4.28. The molecule has 0 saturated heterocycles. The van der Waals surface area contributed by atoms with Crippen LogP contribution in [0.4, 0.5) is 5.69 Å². The molecule has 0 aliphatic heterocycles. The van der Waals surface area contributed by atoms with Gasteiger partial charge in [-0.1, -0.05) is 31.5 Å². The summed E-state index contributed by atoms with van der Waals surface area (Å²) in [4.78, 5) is 36.9.